The zero-order valence-electron chi connectivity index (χ0n) is 16.8. The lowest BCUT2D eigenvalue weighted by Gasteiger charge is -2.13. The molecule has 9 nitrogen and oxygen atoms in total. The summed E-state index contributed by atoms with van der Waals surface area (Å²) in [5.41, 5.74) is 1.23. The van der Waals surface area contributed by atoms with Gasteiger partial charge in [0.2, 0.25) is 5.91 Å². The average molecular weight is 399 g/mol. The maximum atomic E-state index is 12.4. The van der Waals surface area contributed by atoms with Crippen molar-refractivity contribution in [3.05, 3.63) is 46.6 Å². The first kappa shape index (κ1) is 20.4. The van der Waals surface area contributed by atoms with Crippen molar-refractivity contribution < 1.29 is 14.3 Å². The fraction of sp³-hybridized carbons (Fsp3) is 0.400. The molecule has 1 amide bonds. The SMILES string of the molecule is CCOc1ccc(CCNC(=O)Cn2cnc3c(cnn3C)c2=O)cc1OCC. The van der Waals surface area contributed by atoms with Gasteiger partial charge in [0.1, 0.15) is 18.3 Å². The number of benzene rings is 1. The van der Waals surface area contributed by atoms with Gasteiger partial charge in [-0.2, -0.15) is 5.10 Å². The van der Waals surface area contributed by atoms with Crippen molar-refractivity contribution in [2.45, 2.75) is 26.8 Å². The van der Waals surface area contributed by atoms with E-state index in [0.29, 0.717) is 48.7 Å². The van der Waals surface area contributed by atoms with Gasteiger partial charge in [0.05, 0.1) is 19.4 Å². The Kier molecular flexibility index (Phi) is 6.48. The normalized spacial score (nSPS) is 10.9. The van der Waals surface area contributed by atoms with E-state index in [-0.39, 0.29) is 18.0 Å². The van der Waals surface area contributed by atoms with E-state index in [1.807, 2.05) is 32.0 Å². The molecular weight excluding hydrogens is 374 g/mol. The fourth-order valence-electron chi connectivity index (χ4n) is 2.99. The molecule has 1 aromatic carbocycles. The Morgan fingerprint density at radius 2 is 1.93 bits per heavy atom. The Bertz CT molecular complexity index is 1060. The number of hydrogen-bond acceptors (Lipinski definition) is 6. The molecule has 3 rings (SSSR count). The number of fused-ring (bicyclic) bond motifs is 1. The van der Waals surface area contributed by atoms with Gasteiger partial charge in [-0.25, -0.2) is 4.98 Å². The molecule has 0 aliphatic carbocycles. The molecular formula is C20H25N5O4. The van der Waals surface area contributed by atoms with Gasteiger partial charge in [0, 0.05) is 13.6 Å². The molecule has 0 spiro atoms. The molecule has 0 atom stereocenters. The predicted molar refractivity (Wildman–Crippen MR) is 108 cm³/mol. The minimum absolute atomic E-state index is 0.0931. The maximum absolute atomic E-state index is 12.4. The van der Waals surface area contributed by atoms with Crippen LogP contribution in [0, 0.1) is 0 Å². The number of amides is 1. The number of carbonyl (C=O) groups is 1. The topological polar surface area (TPSA) is 100 Å². The summed E-state index contributed by atoms with van der Waals surface area (Å²) < 4.78 is 14.0. The van der Waals surface area contributed by atoms with Crippen LogP contribution < -0.4 is 20.3 Å². The van der Waals surface area contributed by atoms with Crippen LogP contribution in [0.3, 0.4) is 0 Å². The van der Waals surface area contributed by atoms with Gasteiger partial charge in [-0.1, -0.05) is 6.07 Å². The minimum atomic E-state index is -0.286. The first-order valence-electron chi connectivity index (χ1n) is 9.55. The number of aryl methyl sites for hydroxylation is 1. The number of carbonyl (C=O) groups excluding carboxylic acids is 1. The third-order valence-corrected chi connectivity index (χ3v) is 4.38. The maximum Gasteiger partial charge on any atom is 0.264 e. The molecule has 0 saturated carbocycles. The molecule has 0 aliphatic heterocycles. The van der Waals surface area contributed by atoms with E-state index in [4.69, 9.17) is 9.47 Å². The largest absolute Gasteiger partial charge is 0.490 e. The van der Waals surface area contributed by atoms with E-state index in [0.717, 1.165) is 5.56 Å². The molecule has 0 aliphatic rings. The Balaban J connectivity index is 1.58. The second-order valence-corrected chi connectivity index (χ2v) is 6.43. The molecule has 2 aromatic heterocycles. The quantitative estimate of drug-likeness (QED) is 0.582. The van der Waals surface area contributed by atoms with E-state index in [1.54, 1.807) is 7.05 Å². The fourth-order valence-corrected chi connectivity index (χ4v) is 2.99. The van der Waals surface area contributed by atoms with E-state index in [2.05, 4.69) is 15.4 Å². The van der Waals surface area contributed by atoms with Crippen LogP contribution in [0.15, 0.2) is 35.5 Å². The lowest BCUT2D eigenvalue weighted by molar-refractivity contribution is -0.121. The van der Waals surface area contributed by atoms with Gasteiger partial charge in [-0.3, -0.25) is 18.8 Å². The molecule has 0 fully saturated rings. The van der Waals surface area contributed by atoms with Gasteiger partial charge in [-0.05, 0) is 38.0 Å². The van der Waals surface area contributed by atoms with Crippen molar-refractivity contribution in [3.8, 4) is 11.5 Å². The van der Waals surface area contributed by atoms with Crippen LogP contribution in [0.4, 0.5) is 0 Å². The van der Waals surface area contributed by atoms with Crippen LogP contribution in [-0.4, -0.2) is 45.0 Å². The Morgan fingerprint density at radius 3 is 2.69 bits per heavy atom. The summed E-state index contributed by atoms with van der Waals surface area (Å²) in [5.74, 6) is 1.15. The van der Waals surface area contributed by atoms with Gasteiger partial charge >= 0.3 is 0 Å². The molecule has 9 heteroatoms. The molecule has 0 radical (unpaired) electrons. The standard InChI is InChI=1S/C20H25N5O4/c1-4-28-16-7-6-14(10-17(16)29-5-2)8-9-21-18(26)12-25-13-22-19-15(20(25)27)11-23-24(19)3/h6-7,10-11,13H,4-5,8-9,12H2,1-3H3,(H,21,26). The van der Waals surface area contributed by atoms with Crippen LogP contribution in [-0.2, 0) is 24.8 Å². The van der Waals surface area contributed by atoms with Crippen LogP contribution in [0.2, 0.25) is 0 Å². The van der Waals surface area contributed by atoms with Crippen LogP contribution >= 0.6 is 0 Å². The number of nitrogens with zero attached hydrogens (tertiary/aromatic N) is 4. The highest BCUT2D eigenvalue weighted by Crippen LogP contribution is 2.28. The average Bonchev–Trinajstić information content (AvgIpc) is 3.08. The number of aromatic nitrogens is 4. The Morgan fingerprint density at radius 1 is 1.17 bits per heavy atom. The van der Waals surface area contributed by atoms with E-state index in [9.17, 15) is 9.59 Å². The second kappa shape index (κ2) is 9.22. The number of hydrogen-bond donors (Lipinski definition) is 1. The monoisotopic (exact) mass is 399 g/mol. The zero-order valence-corrected chi connectivity index (χ0v) is 16.8. The predicted octanol–water partition coefficient (Wildman–Crippen LogP) is 1.29. The van der Waals surface area contributed by atoms with Crippen molar-refractivity contribution >= 4 is 16.9 Å². The highest BCUT2D eigenvalue weighted by Gasteiger charge is 2.11. The summed E-state index contributed by atoms with van der Waals surface area (Å²) >= 11 is 0. The van der Waals surface area contributed by atoms with Crippen LogP contribution in [0.25, 0.3) is 11.0 Å². The first-order valence-corrected chi connectivity index (χ1v) is 9.55. The number of ether oxygens (including phenoxy) is 2. The van der Waals surface area contributed by atoms with Crippen LogP contribution in [0.5, 0.6) is 11.5 Å². The summed E-state index contributed by atoms with van der Waals surface area (Å²) in [6, 6.07) is 5.75. The van der Waals surface area contributed by atoms with Crippen molar-refractivity contribution in [1.82, 2.24) is 24.6 Å². The number of nitrogens with one attached hydrogen (secondary N) is 1. The lowest BCUT2D eigenvalue weighted by Crippen LogP contribution is -2.33. The van der Waals surface area contributed by atoms with E-state index < -0.39 is 0 Å². The second-order valence-electron chi connectivity index (χ2n) is 6.43. The zero-order chi connectivity index (χ0) is 20.8. The van der Waals surface area contributed by atoms with Crippen molar-refractivity contribution in [2.75, 3.05) is 19.8 Å². The molecule has 3 aromatic rings. The van der Waals surface area contributed by atoms with Crippen molar-refractivity contribution in [1.29, 1.82) is 0 Å². The van der Waals surface area contributed by atoms with Gasteiger partial charge < -0.3 is 14.8 Å². The van der Waals surface area contributed by atoms with E-state index in [1.165, 1.54) is 21.8 Å². The molecule has 29 heavy (non-hydrogen) atoms. The van der Waals surface area contributed by atoms with Crippen molar-refractivity contribution in [3.63, 3.8) is 0 Å². The third kappa shape index (κ3) is 4.74. The summed E-state index contributed by atoms with van der Waals surface area (Å²) in [4.78, 5) is 28.9. The van der Waals surface area contributed by atoms with Crippen molar-refractivity contribution in [2.24, 2.45) is 7.05 Å². The number of rotatable bonds is 9. The van der Waals surface area contributed by atoms with E-state index >= 15 is 0 Å². The summed E-state index contributed by atoms with van der Waals surface area (Å²) in [7, 11) is 1.71. The van der Waals surface area contributed by atoms with Gasteiger partial charge in [0.15, 0.2) is 17.1 Å². The first-order chi connectivity index (χ1) is 14.0. The van der Waals surface area contributed by atoms with Crippen LogP contribution in [0.1, 0.15) is 19.4 Å². The molecule has 2 heterocycles. The molecule has 0 bridgehead atoms. The lowest BCUT2D eigenvalue weighted by atomic mass is 10.1. The molecule has 154 valence electrons. The highest BCUT2D eigenvalue weighted by atomic mass is 16.5. The minimum Gasteiger partial charge on any atom is -0.490 e. The Hall–Kier alpha value is -3.36. The van der Waals surface area contributed by atoms with Gasteiger partial charge in [0.25, 0.3) is 5.56 Å². The third-order valence-electron chi connectivity index (χ3n) is 4.38. The Labute approximate surface area is 168 Å². The summed E-state index contributed by atoms with van der Waals surface area (Å²) in [6.07, 6.45) is 3.46. The molecule has 0 saturated heterocycles. The molecule has 1 N–H and O–H groups in total. The van der Waals surface area contributed by atoms with Gasteiger partial charge in [-0.15, -0.1) is 0 Å². The summed E-state index contributed by atoms with van der Waals surface area (Å²) in [6.45, 7) is 5.30. The highest BCUT2D eigenvalue weighted by molar-refractivity contribution is 5.77. The summed E-state index contributed by atoms with van der Waals surface area (Å²) in [5, 5.41) is 7.24. The molecule has 0 unspecified atom stereocenters. The smallest absolute Gasteiger partial charge is 0.264 e.